The summed E-state index contributed by atoms with van der Waals surface area (Å²) in [6, 6.07) is 8.44. The van der Waals surface area contributed by atoms with Crippen LogP contribution in [0.15, 0.2) is 41.0 Å². The summed E-state index contributed by atoms with van der Waals surface area (Å²) in [6.07, 6.45) is 1.86. The molecule has 0 aliphatic rings. The van der Waals surface area contributed by atoms with Crippen LogP contribution in [0.4, 0.5) is 0 Å². The van der Waals surface area contributed by atoms with Crippen molar-refractivity contribution in [3.63, 3.8) is 0 Å². The Morgan fingerprint density at radius 2 is 1.91 bits per heavy atom. The molecule has 1 aromatic carbocycles. The Balaban J connectivity index is 2.01. The van der Waals surface area contributed by atoms with Crippen LogP contribution in [0.3, 0.4) is 0 Å². The topological polar surface area (TPSA) is 80.9 Å². The summed E-state index contributed by atoms with van der Waals surface area (Å²) in [5.41, 5.74) is -0.716. The van der Waals surface area contributed by atoms with Crippen molar-refractivity contribution in [3.8, 4) is 11.5 Å². The molecule has 0 saturated heterocycles. The number of carbonyl (C=O) groups is 1. The van der Waals surface area contributed by atoms with Crippen LogP contribution in [0.1, 0.15) is 23.0 Å². The average Bonchev–Trinajstić information content (AvgIpc) is 3.04. The summed E-state index contributed by atoms with van der Waals surface area (Å²) < 4.78 is 15.5. The molecule has 6 nitrogen and oxygen atoms in total. The lowest BCUT2D eigenvalue weighted by molar-refractivity contribution is 0.0510. The second kappa shape index (κ2) is 7.19. The number of carbonyl (C=O) groups excluding carboxylic acids is 1. The molecule has 1 heterocycles. The molecule has 2 aromatic rings. The smallest absolute Gasteiger partial charge is 0.251 e. The number of methoxy groups -OCH3 is 2. The van der Waals surface area contributed by atoms with Gasteiger partial charge in [0.15, 0.2) is 0 Å². The fraction of sp³-hybridized carbons (Fsp3) is 0.353. The average molecular weight is 319 g/mol. The molecular weight excluding hydrogens is 298 g/mol. The summed E-state index contributed by atoms with van der Waals surface area (Å²) >= 11 is 0. The molecule has 23 heavy (non-hydrogen) atoms. The largest absolute Gasteiger partial charge is 0.497 e. The zero-order valence-electron chi connectivity index (χ0n) is 13.5. The van der Waals surface area contributed by atoms with Crippen molar-refractivity contribution < 1.29 is 23.8 Å². The van der Waals surface area contributed by atoms with Crippen LogP contribution in [-0.2, 0) is 6.42 Å². The van der Waals surface area contributed by atoms with Gasteiger partial charge in [-0.2, -0.15) is 0 Å². The Morgan fingerprint density at radius 3 is 2.43 bits per heavy atom. The van der Waals surface area contributed by atoms with Gasteiger partial charge in [0.1, 0.15) is 17.3 Å². The monoisotopic (exact) mass is 319 g/mol. The van der Waals surface area contributed by atoms with E-state index in [1.54, 1.807) is 43.5 Å². The number of amides is 1. The predicted octanol–water partition coefficient (Wildman–Crippen LogP) is 2.02. The lowest BCUT2D eigenvalue weighted by Gasteiger charge is -2.22. The first-order valence-electron chi connectivity index (χ1n) is 7.19. The van der Waals surface area contributed by atoms with Crippen LogP contribution < -0.4 is 14.8 Å². The summed E-state index contributed by atoms with van der Waals surface area (Å²) in [5, 5.41) is 13.1. The highest BCUT2D eigenvalue weighted by molar-refractivity contribution is 5.95. The molecule has 0 spiro atoms. The minimum Gasteiger partial charge on any atom is -0.497 e. The molecule has 0 saturated carbocycles. The quantitative estimate of drug-likeness (QED) is 0.816. The molecule has 0 fully saturated rings. The molecule has 1 aromatic heterocycles. The zero-order valence-corrected chi connectivity index (χ0v) is 13.5. The van der Waals surface area contributed by atoms with Gasteiger partial charge in [-0.25, -0.2) is 0 Å². The fourth-order valence-corrected chi connectivity index (χ4v) is 2.16. The zero-order chi connectivity index (χ0) is 16.9. The van der Waals surface area contributed by atoms with Crippen molar-refractivity contribution >= 4 is 5.91 Å². The Kier molecular flexibility index (Phi) is 5.28. The highest BCUT2D eigenvalue weighted by atomic mass is 16.5. The first-order valence-corrected chi connectivity index (χ1v) is 7.19. The van der Waals surface area contributed by atoms with E-state index in [-0.39, 0.29) is 12.5 Å². The van der Waals surface area contributed by atoms with Gasteiger partial charge in [-0.3, -0.25) is 4.79 Å². The highest BCUT2D eigenvalue weighted by Gasteiger charge is 2.23. The van der Waals surface area contributed by atoms with Crippen molar-refractivity contribution in [3.05, 3.63) is 47.9 Å². The van der Waals surface area contributed by atoms with Gasteiger partial charge in [0, 0.05) is 24.6 Å². The van der Waals surface area contributed by atoms with E-state index in [4.69, 9.17) is 13.9 Å². The molecule has 1 amide bonds. The summed E-state index contributed by atoms with van der Waals surface area (Å²) in [4.78, 5) is 12.3. The standard InChI is InChI=1S/C17H21NO5/c1-17(20,10-13-5-4-6-23-13)11-18-16(19)12-7-14(21-2)9-15(8-12)22-3/h4-9,20H,10-11H2,1-3H3,(H,18,19). The van der Waals surface area contributed by atoms with Crippen molar-refractivity contribution in [1.29, 1.82) is 0 Å². The third-order valence-corrected chi connectivity index (χ3v) is 3.38. The molecule has 2 rings (SSSR count). The molecule has 124 valence electrons. The minimum absolute atomic E-state index is 0.0893. The molecule has 2 N–H and O–H groups in total. The van der Waals surface area contributed by atoms with Crippen LogP contribution in [0.25, 0.3) is 0 Å². The predicted molar refractivity (Wildman–Crippen MR) is 84.9 cm³/mol. The third kappa shape index (κ3) is 4.75. The maximum absolute atomic E-state index is 12.3. The maximum Gasteiger partial charge on any atom is 0.251 e. The van der Waals surface area contributed by atoms with E-state index in [9.17, 15) is 9.90 Å². The number of hydrogen-bond acceptors (Lipinski definition) is 5. The number of hydrogen-bond donors (Lipinski definition) is 2. The number of aliphatic hydroxyl groups is 1. The second-order valence-corrected chi connectivity index (χ2v) is 5.54. The first kappa shape index (κ1) is 16.9. The van der Waals surface area contributed by atoms with E-state index in [1.807, 2.05) is 0 Å². The van der Waals surface area contributed by atoms with Gasteiger partial charge >= 0.3 is 0 Å². The number of nitrogens with one attached hydrogen (secondary N) is 1. The van der Waals surface area contributed by atoms with E-state index in [0.29, 0.717) is 29.2 Å². The van der Waals surface area contributed by atoms with E-state index >= 15 is 0 Å². The number of benzene rings is 1. The summed E-state index contributed by atoms with van der Waals surface area (Å²) in [5.74, 6) is 1.39. The maximum atomic E-state index is 12.3. The van der Waals surface area contributed by atoms with E-state index in [0.717, 1.165) is 0 Å². The normalized spacial score (nSPS) is 13.2. The SMILES string of the molecule is COc1cc(OC)cc(C(=O)NCC(C)(O)Cc2ccco2)c1. The Hall–Kier alpha value is -2.47. The lowest BCUT2D eigenvalue weighted by atomic mass is 10.0. The molecule has 0 aliphatic carbocycles. The third-order valence-electron chi connectivity index (χ3n) is 3.38. The lowest BCUT2D eigenvalue weighted by Crippen LogP contribution is -2.42. The van der Waals surface area contributed by atoms with Gasteiger partial charge in [-0.1, -0.05) is 0 Å². The summed E-state index contributed by atoms with van der Waals surface area (Å²) in [7, 11) is 3.04. The number of furan rings is 1. The van der Waals surface area contributed by atoms with Gasteiger partial charge in [0.05, 0.1) is 26.1 Å². The van der Waals surface area contributed by atoms with Crippen molar-refractivity contribution in [2.75, 3.05) is 20.8 Å². The minimum atomic E-state index is -1.11. The van der Waals surface area contributed by atoms with Gasteiger partial charge in [0.2, 0.25) is 0 Å². The van der Waals surface area contributed by atoms with Crippen molar-refractivity contribution in [2.45, 2.75) is 18.9 Å². The van der Waals surface area contributed by atoms with Crippen molar-refractivity contribution in [2.24, 2.45) is 0 Å². The number of rotatable bonds is 7. The Morgan fingerprint density at radius 1 is 1.26 bits per heavy atom. The van der Waals surface area contributed by atoms with Gasteiger partial charge in [0.25, 0.3) is 5.91 Å². The Labute approximate surface area is 135 Å². The van der Waals surface area contributed by atoms with Gasteiger partial charge < -0.3 is 24.3 Å². The molecule has 0 radical (unpaired) electrons. The molecular formula is C17H21NO5. The van der Waals surface area contributed by atoms with Crippen LogP contribution in [-0.4, -0.2) is 37.4 Å². The van der Waals surface area contributed by atoms with Crippen LogP contribution >= 0.6 is 0 Å². The van der Waals surface area contributed by atoms with Gasteiger partial charge in [-0.15, -0.1) is 0 Å². The molecule has 0 bridgehead atoms. The van der Waals surface area contributed by atoms with E-state index < -0.39 is 5.60 Å². The van der Waals surface area contributed by atoms with Gasteiger partial charge in [-0.05, 0) is 31.2 Å². The second-order valence-electron chi connectivity index (χ2n) is 5.54. The highest BCUT2D eigenvalue weighted by Crippen LogP contribution is 2.22. The van der Waals surface area contributed by atoms with Crippen LogP contribution in [0.5, 0.6) is 11.5 Å². The number of ether oxygens (including phenoxy) is 2. The van der Waals surface area contributed by atoms with Crippen molar-refractivity contribution in [1.82, 2.24) is 5.32 Å². The Bertz CT molecular complexity index is 627. The van der Waals surface area contributed by atoms with E-state index in [1.165, 1.54) is 14.2 Å². The molecule has 1 atom stereocenters. The van der Waals surface area contributed by atoms with E-state index in [2.05, 4.69) is 5.32 Å². The van der Waals surface area contributed by atoms with Crippen LogP contribution in [0, 0.1) is 0 Å². The fourth-order valence-electron chi connectivity index (χ4n) is 2.16. The molecule has 0 aliphatic heterocycles. The molecule has 1 unspecified atom stereocenters. The molecule has 6 heteroatoms. The van der Waals surface area contributed by atoms with Crippen LogP contribution in [0.2, 0.25) is 0 Å². The first-order chi connectivity index (χ1) is 10.9. The summed E-state index contributed by atoms with van der Waals surface area (Å²) in [6.45, 7) is 1.73.